The van der Waals surface area contributed by atoms with Crippen LogP contribution in [0.15, 0.2) is 0 Å². The van der Waals surface area contributed by atoms with Crippen molar-refractivity contribution in [2.45, 2.75) is 12.5 Å². The van der Waals surface area contributed by atoms with Crippen LogP contribution in [-0.2, 0) is 14.3 Å². The lowest BCUT2D eigenvalue weighted by molar-refractivity contribution is -0.141. The Morgan fingerprint density at radius 3 is 3.09 bits per heavy atom. The molecule has 0 saturated carbocycles. The van der Waals surface area contributed by atoms with Crippen molar-refractivity contribution in [3.05, 3.63) is 0 Å². The molecule has 0 bridgehead atoms. The largest absolute Gasteiger partial charge is 0.370 e. The predicted molar refractivity (Wildman–Crippen MR) is 36.6 cm³/mol. The van der Waals surface area contributed by atoms with Gasteiger partial charge >= 0.3 is 0 Å². The van der Waals surface area contributed by atoms with Crippen LogP contribution >= 0.6 is 0 Å². The summed E-state index contributed by atoms with van der Waals surface area (Å²) in [6, 6.07) is 0. The Hall–Kier alpha value is -1.10. The van der Waals surface area contributed by atoms with Crippen LogP contribution in [0.25, 0.3) is 0 Å². The van der Waals surface area contributed by atoms with Crippen molar-refractivity contribution in [3.63, 3.8) is 0 Å². The van der Waals surface area contributed by atoms with Gasteiger partial charge in [0.2, 0.25) is 11.8 Å². The van der Waals surface area contributed by atoms with Gasteiger partial charge in [-0.15, -0.1) is 0 Å². The standard InChI is InChI=1S/C6H10N2O3/c7-5(9)3-4-6(10)8-1-2-11-4/h4H,1-3H2,(H2,7,9)(H,8,10)/t4-/m1/s1. The molecule has 5 heteroatoms. The third kappa shape index (κ3) is 2.19. The molecule has 0 spiro atoms. The van der Waals surface area contributed by atoms with Crippen LogP contribution in [0.5, 0.6) is 0 Å². The zero-order valence-corrected chi connectivity index (χ0v) is 6.00. The molecule has 0 unspecified atom stereocenters. The second-order valence-electron chi connectivity index (χ2n) is 2.32. The highest BCUT2D eigenvalue weighted by Crippen LogP contribution is 2.01. The first-order valence-corrected chi connectivity index (χ1v) is 3.38. The van der Waals surface area contributed by atoms with E-state index in [0.29, 0.717) is 13.2 Å². The molecule has 1 saturated heterocycles. The molecular formula is C6H10N2O3. The average molecular weight is 158 g/mol. The molecule has 1 aliphatic heterocycles. The van der Waals surface area contributed by atoms with E-state index in [1.807, 2.05) is 0 Å². The summed E-state index contributed by atoms with van der Waals surface area (Å²) in [5.74, 6) is -0.776. The Bertz CT molecular complexity index is 181. The summed E-state index contributed by atoms with van der Waals surface area (Å²) in [5, 5.41) is 2.57. The molecule has 3 N–H and O–H groups in total. The van der Waals surface area contributed by atoms with Gasteiger partial charge in [-0.1, -0.05) is 0 Å². The minimum absolute atomic E-state index is 0.0359. The Labute approximate surface area is 63.9 Å². The smallest absolute Gasteiger partial charge is 0.249 e. The number of nitrogens with one attached hydrogen (secondary N) is 1. The molecule has 0 aliphatic carbocycles. The number of rotatable bonds is 2. The van der Waals surface area contributed by atoms with E-state index >= 15 is 0 Å². The second kappa shape index (κ2) is 3.34. The molecule has 1 fully saturated rings. The van der Waals surface area contributed by atoms with Crippen molar-refractivity contribution >= 4 is 11.8 Å². The number of amides is 2. The lowest BCUT2D eigenvalue weighted by atomic mass is 10.2. The van der Waals surface area contributed by atoms with Crippen LogP contribution in [0.4, 0.5) is 0 Å². The molecule has 1 heterocycles. The lowest BCUT2D eigenvalue weighted by Crippen LogP contribution is -2.45. The second-order valence-corrected chi connectivity index (χ2v) is 2.32. The lowest BCUT2D eigenvalue weighted by Gasteiger charge is -2.21. The van der Waals surface area contributed by atoms with Gasteiger partial charge in [0.05, 0.1) is 13.0 Å². The molecule has 1 rings (SSSR count). The average Bonchev–Trinajstić information content (AvgIpc) is 1.93. The third-order valence-corrected chi connectivity index (χ3v) is 1.40. The monoisotopic (exact) mass is 158 g/mol. The van der Waals surface area contributed by atoms with E-state index in [4.69, 9.17) is 10.5 Å². The van der Waals surface area contributed by atoms with Gasteiger partial charge in [0, 0.05) is 6.54 Å². The van der Waals surface area contributed by atoms with Crippen LogP contribution < -0.4 is 11.1 Å². The van der Waals surface area contributed by atoms with Gasteiger partial charge in [-0.25, -0.2) is 0 Å². The van der Waals surface area contributed by atoms with E-state index in [2.05, 4.69) is 5.32 Å². The van der Waals surface area contributed by atoms with E-state index < -0.39 is 12.0 Å². The van der Waals surface area contributed by atoms with Crippen molar-refractivity contribution in [3.8, 4) is 0 Å². The van der Waals surface area contributed by atoms with E-state index in [1.54, 1.807) is 0 Å². The fourth-order valence-corrected chi connectivity index (χ4v) is 0.899. The molecule has 2 amide bonds. The molecule has 0 aromatic heterocycles. The van der Waals surface area contributed by atoms with Gasteiger partial charge in [0.15, 0.2) is 0 Å². The fourth-order valence-electron chi connectivity index (χ4n) is 0.899. The van der Waals surface area contributed by atoms with Gasteiger partial charge in [-0.3, -0.25) is 9.59 Å². The van der Waals surface area contributed by atoms with Crippen molar-refractivity contribution in [2.24, 2.45) is 5.73 Å². The Balaban J connectivity index is 2.42. The summed E-state index contributed by atoms with van der Waals surface area (Å²) in [6.45, 7) is 0.956. The number of carbonyl (C=O) groups excluding carboxylic acids is 2. The van der Waals surface area contributed by atoms with Crippen molar-refractivity contribution in [1.82, 2.24) is 5.32 Å². The molecule has 0 aromatic rings. The molecule has 1 atom stereocenters. The number of hydrogen-bond donors (Lipinski definition) is 2. The molecule has 62 valence electrons. The Morgan fingerprint density at radius 1 is 1.82 bits per heavy atom. The number of morpholine rings is 1. The highest BCUT2D eigenvalue weighted by Gasteiger charge is 2.24. The van der Waals surface area contributed by atoms with Crippen LogP contribution in [0, 0.1) is 0 Å². The minimum Gasteiger partial charge on any atom is -0.370 e. The third-order valence-electron chi connectivity index (χ3n) is 1.40. The van der Waals surface area contributed by atoms with Crippen molar-refractivity contribution in [1.29, 1.82) is 0 Å². The SMILES string of the molecule is NC(=O)C[C@H]1OCCNC1=O. The van der Waals surface area contributed by atoms with E-state index in [-0.39, 0.29) is 12.3 Å². The minimum atomic E-state index is -0.679. The summed E-state index contributed by atoms with van der Waals surface area (Å²) in [4.78, 5) is 21.3. The summed E-state index contributed by atoms with van der Waals surface area (Å²) in [6.07, 6.45) is -0.715. The number of primary amides is 1. The van der Waals surface area contributed by atoms with Gasteiger partial charge in [0.25, 0.3) is 0 Å². The first kappa shape index (κ1) is 8.00. The van der Waals surface area contributed by atoms with Gasteiger partial charge in [-0.2, -0.15) is 0 Å². The fraction of sp³-hybridized carbons (Fsp3) is 0.667. The molecule has 11 heavy (non-hydrogen) atoms. The van der Waals surface area contributed by atoms with Crippen molar-refractivity contribution in [2.75, 3.05) is 13.2 Å². The van der Waals surface area contributed by atoms with E-state index in [0.717, 1.165) is 0 Å². The first-order valence-electron chi connectivity index (χ1n) is 3.38. The maximum Gasteiger partial charge on any atom is 0.249 e. The maximum atomic E-state index is 10.9. The van der Waals surface area contributed by atoms with Crippen LogP contribution in [-0.4, -0.2) is 31.1 Å². The number of ether oxygens (including phenoxy) is 1. The molecule has 5 nitrogen and oxygen atoms in total. The van der Waals surface area contributed by atoms with E-state index in [9.17, 15) is 9.59 Å². The molecule has 1 aliphatic rings. The maximum absolute atomic E-state index is 10.9. The summed E-state index contributed by atoms with van der Waals surface area (Å²) >= 11 is 0. The van der Waals surface area contributed by atoms with Gasteiger partial charge in [0.1, 0.15) is 6.10 Å². The normalized spacial score (nSPS) is 24.4. The zero-order chi connectivity index (χ0) is 8.27. The zero-order valence-electron chi connectivity index (χ0n) is 6.00. The van der Waals surface area contributed by atoms with Gasteiger partial charge < -0.3 is 15.8 Å². The highest BCUT2D eigenvalue weighted by molar-refractivity contribution is 5.87. The summed E-state index contributed by atoms with van der Waals surface area (Å²) in [5.41, 5.74) is 4.89. The Morgan fingerprint density at radius 2 is 2.55 bits per heavy atom. The first-order chi connectivity index (χ1) is 5.20. The van der Waals surface area contributed by atoms with E-state index in [1.165, 1.54) is 0 Å². The number of hydrogen-bond acceptors (Lipinski definition) is 3. The number of nitrogens with two attached hydrogens (primary N) is 1. The van der Waals surface area contributed by atoms with Crippen LogP contribution in [0.3, 0.4) is 0 Å². The Kier molecular flexibility index (Phi) is 2.43. The predicted octanol–water partition coefficient (Wildman–Crippen LogP) is -1.62. The topological polar surface area (TPSA) is 81.4 Å². The van der Waals surface area contributed by atoms with Crippen LogP contribution in [0.1, 0.15) is 6.42 Å². The number of carbonyl (C=O) groups is 2. The molecule has 0 radical (unpaired) electrons. The van der Waals surface area contributed by atoms with Gasteiger partial charge in [-0.05, 0) is 0 Å². The molecule has 0 aromatic carbocycles. The highest BCUT2D eigenvalue weighted by atomic mass is 16.5. The summed E-state index contributed by atoms with van der Waals surface area (Å²) < 4.78 is 4.99. The van der Waals surface area contributed by atoms with Crippen molar-refractivity contribution < 1.29 is 14.3 Å². The quantitative estimate of drug-likeness (QED) is 0.506. The van der Waals surface area contributed by atoms with Crippen LogP contribution in [0.2, 0.25) is 0 Å². The molecular weight excluding hydrogens is 148 g/mol. The summed E-state index contributed by atoms with van der Waals surface area (Å²) in [7, 11) is 0.